The van der Waals surface area contributed by atoms with E-state index < -0.39 is 15.7 Å². The zero-order chi connectivity index (χ0) is 24.4. The number of aromatic nitrogens is 2. The van der Waals surface area contributed by atoms with Gasteiger partial charge in [0.15, 0.2) is 9.84 Å². The molecule has 1 fully saturated rings. The second-order valence-corrected chi connectivity index (χ2v) is 10.4. The Morgan fingerprint density at radius 1 is 1.09 bits per heavy atom. The van der Waals surface area contributed by atoms with Crippen LogP contribution in [-0.4, -0.2) is 61.8 Å². The minimum atomic E-state index is -3.31. The second kappa shape index (κ2) is 9.57. The van der Waals surface area contributed by atoms with Gasteiger partial charge in [0.2, 0.25) is 0 Å². The van der Waals surface area contributed by atoms with Gasteiger partial charge in [0.05, 0.1) is 35.1 Å². The van der Waals surface area contributed by atoms with Crippen LogP contribution in [-0.2, 0) is 21.1 Å². The van der Waals surface area contributed by atoms with E-state index in [4.69, 9.17) is 9.72 Å². The Labute approximate surface area is 203 Å². The van der Waals surface area contributed by atoms with Crippen molar-refractivity contribution in [3.05, 3.63) is 71.7 Å². The molecule has 0 saturated carbocycles. The number of amides is 1. The van der Waals surface area contributed by atoms with E-state index in [1.165, 1.54) is 18.3 Å². The molecule has 0 unspecified atom stereocenters. The number of nitrogens with one attached hydrogen (secondary N) is 1. The highest BCUT2D eigenvalue weighted by molar-refractivity contribution is 7.90. The molecule has 0 bridgehead atoms. The number of pyridine rings is 2. The Bertz CT molecular complexity index is 1380. The third-order valence-corrected chi connectivity index (χ3v) is 6.99. The van der Waals surface area contributed by atoms with Crippen LogP contribution in [0.25, 0.3) is 17.3 Å². The summed E-state index contributed by atoms with van der Waals surface area (Å²) in [5.41, 5.74) is 4.10. The number of anilines is 2. The molecule has 3 aromatic rings. The van der Waals surface area contributed by atoms with E-state index in [1.54, 1.807) is 24.4 Å². The van der Waals surface area contributed by atoms with Crippen molar-refractivity contribution in [2.24, 2.45) is 0 Å². The van der Waals surface area contributed by atoms with Crippen molar-refractivity contribution in [2.45, 2.75) is 11.4 Å². The normalized spacial score (nSPS) is 16.0. The van der Waals surface area contributed by atoms with Crippen LogP contribution in [0.5, 0.6) is 0 Å². The van der Waals surface area contributed by atoms with Crippen LogP contribution in [0.1, 0.15) is 21.6 Å². The van der Waals surface area contributed by atoms with E-state index in [1.807, 2.05) is 18.2 Å². The van der Waals surface area contributed by atoms with Gasteiger partial charge in [-0.3, -0.25) is 14.7 Å². The maximum absolute atomic E-state index is 12.6. The summed E-state index contributed by atoms with van der Waals surface area (Å²) in [6, 6.07) is 12.1. The van der Waals surface area contributed by atoms with E-state index in [9.17, 15) is 13.2 Å². The van der Waals surface area contributed by atoms with Gasteiger partial charge in [0, 0.05) is 49.5 Å². The predicted octanol–water partition coefficient (Wildman–Crippen LogP) is 2.85. The van der Waals surface area contributed by atoms with E-state index >= 15 is 0 Å². The van der Waals surface area contributed by atoms with E-state index in [2.05, 4.69) is 20.5 Å². The molecule has 35 heavy (non-hydrogen) atoms. The summed E-state index contributed by atoms with van der Waals surface area (Å²) in [6.45, 7) is 4.02. The summed E-state index contributed by atoms with van der Waals surface area (Å²) in [5, 5.41) is 7.04. The van der Waals surface area contributed by atoms with Gasteiger partial charge in [-0.15, -0.1) is 0 Å². The monoisotopic (exact) mass is 490 g/mol. The number of morpholine rings is 1. The number of hydrogen-bond acceptors (Lipinski definition) is 8. The first-order valence-corrected chi connectivity index (χ1v) is 13.1. The predicted molar refractivity (Wildman–Crippen MR) is 132 cm³/mol. The third kappa shape index (κ3) is 5.24. The van der Waals surface area contributed by atoms with Crippen LogP contribution < -0.4 is 10.6 Å². The van der Waals surface area contributed by atoms with Crippen molar-refractivity contribution in [2.75, 3.05) is 37.9 Å². The fourth-order valence-corrected chi connectivity index (χ4v) is 4.62. The summed E-state index contributed by atoms with van der Waals surface area (Å²) >= 11 is 0. The van der Waals surface area contributed by atoms with Gasteiger partial charge < -0.3 is 10.1 Å². The summed E-state index contributed by atoms with van der Waals surface area (Å²) in [7, 11) is -3.31. The largest absolute Gasteiger partial charge is 0.379 e. The van der Waals surface area contributed by atoms with Gasteiger partial charge in [-0.25, -0.2) is 18.7 Å². The third-order valence-electron chi connectivity index (χ3n) is 5.86. The van der Waals surface area contributed by atoms with Crippen molar-refractivity contribution in [1.29, 1.82) is 0 Å². The molecule has 1 aromatic carbocycles. The zero-order valence-corrected chi connectivity index (χ0v) is 20.0. The Morgan fingerprint density at radius 3 is 2.54 bits per heavy atom. The van der Waals surface area contributed by atoms with Crippen molar-refractivity contribution in [1.82, 2.24) is 20.2 Å². The standard InChI is InChI=1S/C25H24N5O4S/c1-35(32,33)21-6-4-19(5-7-21)28-24-23-17(8-9-26-25(23)31)14-22(29-24)18-2-3-20(27-15-18)16-30-10-12-34-13-11-30/h2-9,14-15H,10-13,16H2,1H3,(H,28,29). The molecule has 0 aliphatic carbocycles. The van der Waals surface area contributed by atoms with Crippen LogP contribution in [0.2, 0.25) is 0 Å². The molecule has 179 valence electrons. The van der Waals surface area contributed by atoms with Crippen LogP contribution in [0, 0.1) is 0 Å². The average Bonchev–Trinajstić information content (AvgIpc) is 2.85. The maximum Gasteiger partial charge on any atom is 0.281 e. The maximum atomic E-state index is 12.6. The summed E-state index contributed by atoms with van der Waals surface area (Å²) in [5.74, 6) is -0.0455. The summed E-state index contributed by atoms with van der Waals surface area (Å²) < 4.78 is 28.9. The zero-order valence-electron chi connectivity index (χ0n) is 19.1. The smallest absolute Gasteiger partial charge is 0.281 e. The fraction of sp³-hybridized carbons (Fsp3) is 0.240. The summed E-state index contributed by atoms with van der Waals surface area (Å²) in [4.78, 5) is 24.4. The molecule has 9 nitrogen and oxygen atoms in total. The van der Waals surface area contributed by atoms with Gasteiger partial charge in [0.25, 0.3) is 5.91 Å². The molecule has 2 aliphatic heterocycles. The number of fused-ring (bicyclic) bond motifs is 1. The van der Waals surface area contributed by atoms with Crippen LogP contribution >= 0.6 is 0 Å². The van der Waals surface area contributed by atoms with Crippen molar-refractivity contribution < 1.29 is 17.9 Å². The van der Waals surface area contributed by atoms with Crippen molar-refractivity contribution in [3.63, 3.8) is 0 Å². The molecule has 2 aromatic heterocycles. The lowest BCUT2D eigenvalue weighted by Crippen LogP contribution is -2.35. The minimum absolute atomic E-state index is 0.212. The Balaban J connectivity index is 1.45. The summed E-state index contributed by atoms with van der Waals surface area (Å²) in [6.07, 6.45) is 6.18. The van der Waals surface area contributed by atoms with E-state index in [-0.39, 0.29) is 4.90 Å². The van der Waals surface area contributed by atoms with Gasteiger partial charge in [-0.2, -0.15) is 0 Å². The van der Waals surface area contributed by atoms with E-state index in [0.717, 1.165) is 50.4 Å². The molecule has 10 heteroatoms. The number of ether oxygens (including phenoxy) is 1. The molecule has 2 aliphatic rings. The number of sulfone groups is 1. The number of nitrogens with zero attached hydrogens (tertiary/aromatic N) is 4. The highest BCUT2D eigenvalue weighted by Gasteiger charge is 2.22. The van der Waals surface area contributed by atoms with Crippen molar-refractivity contribution >= 4 is 33.3 Å². The fourth-order valence-electron chi connectivity index (χ4n) is 3.99. The average molecular weight is 491 g/mol. The molecule has 0 spiro atoms. The SMILES string of the molecule is CS(=O)(=O)c1ccc(Nc2nc(-c3ccc(CN4CCOCC4)nc3)cc3c2C(=O)[N]C=C3)cc1. The van der Waals surface area contributed by atoms with Gasteiger partial charge >= 0.3 is 0 Å². The van der Waals surface area contributed by atoms with Crippen LogP contribution in [0.3, 0.4) is 0 Å². The Morgan fingerprint density at radius 2 is 1.86 bits per heavy atom. The molecule has 1 radical (unpaired) electrons. The van der Waals surface area contributed by atoms with Gasteiger partial charge in [0.1, 0.15) is 5.82 Å². The minimum Gasteiger partial charge on any atom is -0.379 e. The molecule has 4 heterocycles. The molecular weight excluding hydrogens is 466 g/mol. The number of carbonyl (C=O) groups is 1. The van der Waals surface area contributed by atoms with Crippen LogP contribution in [0.15, 0.2) is 59.8 Å². The quantitative estimate of drug-likeness (QED) is 0.561. The molecule has 1 saturated heterocycles. The lowest BCUT2D eigenvalue weighted by atomic mass is 10.0. The topological polar surface area (TPSA) is 116 Å². The lowest BCUT2D eigenvalue weighted by molar-refractivity contribution is 0.0336. The van der Waals surface area contributed by atoms with Crippen LogP contribution in [0.4, 0.5) is 11.5 Å². The molecule has 1 N–H and O–H groups in total. The number of rotatable bonds is 6. The van der Waals surface area contributed by atoms with Gasteiger partial charge in [-0.05, 0) is 54.1 Å². The first kappa shape index (κ1) is 23.2. The molecule has 5 rings (SSSR count). The number of benzene rings is 1. The lowest BCUT2D eigenvalue weighted by Gasteiger charge is -2.26. The van der Waals surface area contributed by atoms with Gasteiger partial charge in [-0.1, -0.05) is 0 Å². The van der Waals surface area contributed by atoms with Crippen molar-refractivity contribution in [3.8, 4) is 11.3 Å². The highest BCUT2D eigenvalue weighted by Crippen LogP contribution is 2.30. The van der Waals surface area contributed by atoms with E-state index in [0.29, 0.717) is 28.3 Å². The molecule has 1 amide bonds. The second-order valence-electron chi connectivity index (χ2n) is 8.42. The molecular formula is C25H24N5O4S. The number of carbonyl (C=O) groups excluding carboxylic acids is 1. The highest BCUT2D eigenvalue weighted by atomic mass is 32.2. The number of hydrogen-bond donors (Lipinski definition) is 1. The Kier molecular flexibility index (Phi) is 6.33. The molecule has 0 atom stereocenters. The first-order chi connectivity index (χ1) is 16.9. The Hall–Kier alpha value is -3.60. The first-order valence-electron chi connectivity index (χ1n) is 11.2.